The number of rotatable bonds is 2. The van der Waals surface area contributed by atoms with Crippen LogP contribution in [0.3, 0.4) is 0 Å². The van der Waals surface area contributed by atoms with Crippen molar-refractivity contribution in [2.75, 3.05) is 0 Å². The molecule has 0 radical (unpaired) electrons. The standard InChI is InChI=1S/C10H10BrNO/c1-3-8(2)12(13)10-7-5-4-6-9(10)11/h3-7H,1H2,2H3/b12-8+. The molecule has 0 spiro atoms. The lowest BCUT2D eigenvalue weighted by Gasteiger charge is -2.05. The van der Waals surface area contributed by atoms with E-state index in [0.717, 1.165) is 9.21 Å². The Morgan fingerprint density at radius 2 is 2.15 bits per heavy atom. The topological polar surface area (TPSA) is 26.1 Å². The lowest BCUT2D eigenvalue weighted by atomic mass is 10.3. The molecule has 0 N–H and O–H groups in total. The first-order valence-corrected chi connectivity index (χ1v) is 4.64. The summed E-state index contributed by atoms with van der Waals surface area (Å²) >= 11 is 3.31. The van der Waals surface area contributed by atoms with Crippen LogP contribution in [0.4, 0.5) is 5.69 Å². The molecule has 1 aromatic rings. The average molecular weight is 240 g/mol. The third-order valence-corrected chi connectivity index (χ3v) is 2.36. The maximum atomic E-state index is 11.6. The molecule has 0 unspecified atom stereocenters. The van der Waals surface area contributed by atoms with Crippen LogP contribution in [0.15, 0.2) is 41.4 Å². The van der Waals surface area contributed by atoms with E-state index < -0.39 is 0 Å². The van der Waals surface area contributed by atoms with Crippen molar-refractivity contribution in [3.05, 3.63) is 46.6 Å². The van der Waals surface area contributed by atoms with Crippen LogP contribution < -0.4 is 0 Å². The fourth-order valence-electron chi connectivity index (χ4n) is 0.889. The molecule has 13 heavy (non-hydrogen) atoms. The van der Waals surface area contributed by atoms with Gasteiger partial charge < -0.3 is 5.21 Å². The Morgan fingerprint density at radius 3 is 2.69 bits per heavy atom. The molecule has 0 heterocycles. The van der Waals surface area contributed by atoms with E-state index in [1.807, 2.05) is 18.2 Å². The van der Waals surface area contributed by atoms with Crippen molar-refractivity contribution < 1.29 is 4.74 Å². The molecular weight excluding hydrogens is 230 g/mol. The van der Waals surface area contributed by atoms with E-state index in [9.17, 15) is 5.21 Å². The summed E-state index contributed by atoms with van der Waals surface area (Å²) in [6, 6.07) is 7.27. The summed E-state index contributed by atoms with van der Waals surface area (Å²) in [5, 5.41) is 11.6. The minimum Gasteiger partial charge on any atom is -0.618 e. The molecule has 1 aromatic carbocycles. The zero-order valence-electron chi connectivity index (χ0n) is 7.33. The fraction of sp³-hybridized carbons (Fsp3) is 0.100. The van der Waals surface area contributed by atoms with E-state index in [-0.39, 0.29) is 0 Å². The number of benzene rings is 1. The van der Waals surface area contributed by atoms with Crippen LogP contribution in [-0.4, -0.2) is 10.5 Å². The second-order valence-electron chi connectivity index (χ2n) is 2.59. The smallest absolute Gasteiger partial charge is 0.230 e. The van der Waals surface area contributed by atoms with Crippen molar-refractivity contribution >= 4 is 27.3 Å². The zero-order chi connectivity index (χ0) is 9.84. The van der Waals surface area contributed by atoms with Gasteiger partial charge in [0.25, 0.3) is 0 Å². The van der Waals surface area contributed by atoms with Gasteiger partial charge in [0.2, 0.25) is 5.69 Å². The number of allylic oxidation sites excluding steroid dienone is 1. The summed E-state index contributed by atoms with van der Waals surface area (Å²) in [5.74, 6) is 0. The number of hydrogen-bond donors (Lipinski definition) is 0. The predicted octanol–water partition coefficient (Wildman–Crippen LogP) is 3.24. The van der Waals surface area contributed by atoms with Crippen LogP contribution in [-0.2, 0) is 0 Å². The van der Waals surface area contributed by atoms with Gasteiger partial charge in [0.05, 0.1) is 4.47 Å². The molecule has 0 aliphatic rings. The fourth-order valence-corrected chi connectivity index (χ4v) is 1.34. The molecular formula is C10H10BrNO. The third kappa shape index (κ3) is 2.18. The Balaban J connectivity index is 3.23. The summed E-state index contributed by atoms with van der Waals surface area (Å²) in [4.78, 5) is 0. The SMILES string of the molecule is C=C/C(C)=[N+](/[O-])c1ccccc1Br. The predicted molar refractivity (Wildman–Crippen MR) is 58.3 cm³/mol. The van der Waals surface area contributed by atoms with E-state index >= 15 is 0 Å². The Labute approximate surface area is 85.9 Å². The first kappa shape index (κ1) is 9.99. The molecule has 0 amide bonds. The van der Waals surface area contributed by atoms with Crippen LogP contribution in [0, 0.1) is 5.21 Å². The maximum absolute atomic E-state index is 11.6. The lowest BCUT2D eigenvalue weighted by Crippen LogP contribution is -2.04. The Hall–Kier alpha value is -1.09. The minimum atomic E-state index is 0.576. The van der Waals surface area contributed by atoms with E-state index in [1.54, 1.807) is 13.0 Å². The van der Waals surface area contributed by atoms with E-state index in [2.05, 4.69) is 22.5 Å². The highest BCUT2D eigenvalue weighted by atomic mass is 79.9. The molecule has 0 bridgehead atoms. The quantitative estimate of drug-likeness (QED) is 0.337. The second-order valence-corrected chi connectivity index (χ2v) is 3.45. The van der Waals surface area contributed by atoms with Gasteiger partial charge in [0.1, 0.15) is 0 Å². The number of nitrogens with zero attached hydrogens (tertiary/aromatic N) is 1. The average Bonchev–Trinajstić information content (AvgIpc) is 2.16. The largest absolute Gasteiger partial charge is 0.618 e. The van der Waals surface area contributed by atoms with Crippen LogP contribution in [0.5, 0.6) is 0 Å². The number of hydrogen-bond acceptors (Lipinski definition) is 1. The summed E-state index contributed by atoms with van der Waals surface area (Å²) in [6.45, 7) is 5.26. The van der Waals surface area contributed by atoms with Crippen molar-refractivity contribution in [1.82, 2.24) is 0 Å². The summed E-state index contributed by atoms with van der Waals surface area (Å²) in [5.41, 5.74) is 1.17. The van der Waals surface area contributed by atoms with Crippen molar-refractivity contribution in [3.8, 4) is 0 Å². The van der Waals surface area contributed by atoms with Crippen LogP contribution in [0.2, 0.25) is 0 Å². The summed E-state index contributed by atoms with van der Waals surface area (Å²) in [7, 11) is 0. The Bertz CT molecular complexity index is 358. The van der Waals surface area contributed by atoms with E-state index in [0.29, 0.717) is 11.4 Å². The molecule has 0 fully saturated rings. The number of para-hydroxylation sites is 1. The highest BCUT2D eigenvalue weighted by Gasteiger charge is 2.07. The van der Waals surface area contributed by atoms with Gasteiger partial charge in [0, 0.05) is 13.0 Å². The number of halogens is 1. The molecule has 0 aromatic heterocycles. The van der Waals surface area contributed by atoms with Crippen molar-refractivity contribution in [2.45, 2.75) is 6.92 Å². The Kier molecular flexibility index (Phi) is 3.25. The van der Waals surface area contributed by atoms with E-state index in [1.165, 1.54) is 6.08 Å². The van der Waals surface area contributed by atoms with Crippen molar-refractivity contribution in [3.63, 3.8) is 0 Å². The highest BCUT2D eigenvalue weighted by molar-refractivity contribution is 9.10. The van der Waals surface area contributed by atoms with Gasteiger partial charge in [-0.3, -0.25) is 0 Å². The lowest BCUT2D eigenvalue weighted by molar-refractivity contribution is -0.361. The van der Waals surface area contributed by atoms with Crippen molar-refractivity contribution in [2.24, 2.45) is 0 Å². The third-order valence-electron chi connectivity index (χ3n) is 1.69. The minimum absolute atomic E-state index is 0.576. The molecule has 0 atom stereocenters. The van der Waals surface area contributed by atoms with Crippen LogP contribution in [0.25, 0.3) is 0 Å². The second kappa shape index (κ2) is 4.23. The summed E-state index contributed by atoms with van der Waals surface area (Å²) in [6.07, 6.45) is 1.53. The van der Waals surface area contributed by atoms with Gasteiger partial charge in [-0.1, -0.05) is 18.7 Å². The zero-order valence-corrected chi connectivity index (χ0v) is 8.91. The van der Waals surface area contributed by atoms with Gasteiger partial charge in [-0.2, -0.15) is 4.74 Å². The molecule has 0 saturated carbocycles. The highest BCUT2D eigenvalue weighted by Crippen LogP contribution is 2.23. The molecule has 0 aliphatic carbocycles. The first-order chi connectivity index (χ1) is 6.16. The van der Waals surface area contributed by atoms with E-state index in [4.69, 9.17) is 0 Å². The van der Waals surface area contributed by atoms with Crippen molar-refractivity contribution in [1.29, 1.82) is 0 Å². The van der Waals surface area contributed by atoms with Gasteiger partial charge in [-0.25, -0.2) is 0 Å². The van der Waals surface area contributed by atoms with Crippen LogP contribution >= 0.6 is 15.9 Å². The summed E-state index contributed by atoms with van der Waals surface area (Å²) < 4.78 is 1.63. The molecule has 0 saturated heterocycles. The van der Waals surface area contributed by atoms with Gasteiger partial charge in [-0.05, 0) is 28.1 Å². The van der Waals surface area contributed by atoms with Crippen LogP contribution in [0.1, 0.15) is 6.92 Å². The maximum Gasteiger partial charge on any atom is 0.230 e. The normalized spacial score (nSPS) is 12.2. The molecule has 1 rings (SSSR count). The first-order valence-electron chi connectivity index (χ1n) is 3.84. The monoisotopic (exact) mass is 239 g/mol. The molecule has 68 valence electrons. The van der Waals surface area contributed by atoms with Gasteiger partial charge in [-0.15, -0.1) is 0 Å². The molecule has 0 aliphatic heterocycles. The van der Waals surface area contributed by atoms with Gasteiger partial charge >= 0.3 is 0 Å². The molecule has 2 nitrogen and oxygen atoms in total. The van der Waals surface area contributed by atoms with Gasteiger partial charge in [0.15, 0.2) is 5.71 Å². The Morgan fingerprint density at radius 1 is 1.54 bits per heavy atom. The molecule has 3 heteroatoms.